The zero-order valence-corrected chi connectivity index (χ0v) is 40.9. The van der Waals surface area contributed by atoms with Crippen LogP contribution in [0.2, 0.25) is 0 Å². The van der Waals surface area contributed by atoms with E-state index in [9.17, 15) is 0 Å². The van der Waals surface area contributed by atoms with Gasteiger partial charge in [-0.25, -0.2) is 0 Å². The Balaban J connectivity index is 1.15. The summed E-state index contributed by atoms with van der Waals surface area (Å²) in [4.78, 5) is 5.42. The maximum Gasteiger partial charge on any atom is 0.252 e. The smallest absolute Gasteiger partial charge is 0.252 e. The summed E-state index contributed by atoms with van der Waals surface area (Å²) >= 11 is 0. The molecule has 1 aromatic heterocycles. The Labute approximate surface area is 407 Å². The molecule has 69 heavy (non-hydrogen) atoms. The van der Waals surface area contributed by atoms with Crippen LogP contribution in [0.5, 0.6) is 0 Å². The predicted molar refractivity (Wildman–Crippen MR) is 296 cm³/mol. The Kier molecular flexibility index (Phi) is 8.75. The van der Waals surface area contributed by atoms with Crippen molar-refractivity contribution in [2.24, 2.45) is 0 Å². The van der Waals surface area contributed by atoms with Gasteiger partial charge in [0, 0.05) is 50.1 Å². The average molecular weight is 904 g/mol. The first-order valence-electron chi connectivity index (χ1n) is 25.1. The van der Waals surface area contributed by atoms with Gasteiger partial charge < -0.3 is 14.4 Å². The third-order valence-electron chi connectivity index (χ3n) is 17.4. The van der Waals surface area contributed by atoms with Gasteiger partial charge in [-0.15, -0.1) is 0 Å². The lowest BCUT2D eigenvalue weighted by atomic mass is 9.33. The van der Waals surface area contributed by atoms with E-state index in [1.54, 1.807) is 0 Å². The Morgan fingerprint density at radius 3 is 1.67 bits per heavy atom. The van der Waals surface area contributed by atoms with E-state index in [0.717, 1.165) is 24.2 Å². The summed E-state index contributed by atoms with van der Waals surface area (Å²) in [6.07, 6.45) is 4.72. The van der Waals surface area contributed by atoms with Crippen molar-refractivity contribution in [3.8, 4) is 5.69 Å². The standard InChI is InChI=1S/C64H54BN3Si/c1-43-29-33-45(34-30-43)66(46-35-31-44(2)32-36-46)47-39-58-60-59(40-47)68-62-54(63(3)37-16-17-38-64(63,68)4)41-51(42-56(62)65(60)55-27-18-26-53-52-25-14-15-28-57(52)67(58)61(53)55)69(48-19-8-5-9-20-48,49-21-10-6-11-22-49)50-23-12-7-13-24-50/h5-15,18-36,39-42H,16-17,37-38H2,1-4H3. The maximum atomic E-state index is 2.91. The minimum Gasteiger partial charge on any atom is -0.335 e. The zero-order valence-electron chi connectivity index (χ0n) is 39.9. The Morgan fingerprint density at radius 2 is 1.04 bits per heavy atom. The second-order valence-corrected chi connectivity index (χ2v) is 24.7. The molecule has 14 rings (SSSR count). The molecule has 9 aromatic carbocycles. The molecular formula is C64H54BN3Si. The highest BCUT2D eigenvalue weighted by Crippen LogP contribution is 2.61. The number of aryl methyl sites for hydroxylation is 2. The van der Waals surface area contributed by atoms with E-state index >= 15 is 0 Å². The minimum absolute atomic E-state index is 0.0167. The van der Waals surface area contributed by atoms with Crippen molar-refractivity contribution in [2.45, 2.75) is 64.3 Å². The van der Waals surface area contributed by atoms with Gasteiger partial charge in [0.2, 0.25) is 0 Å². The predicted octanol–water partition coefficient (Wildman–Crippen LogP) is 11.1. The molecule has 1 aliphatic carbocycles. The van der Waals surface area contributed by atoms with Crippen molar-refractivity contribution in [1.29, 1.82) is 0 Å². The number of anilines is 5. The first-order chi connectivity index (χ1) is 33.8. The molecular weight excluding hydrogens is 850 g/mol. The average Bonchev–Trinajstić information content (AvgIpc) is 3.84. The number of hydrogen-bond acceptors (Lipinski definition) is 2. The van der Waals surface area contributed by atoms with Crippen molar-refractivity contribution in [3.05, 3.63) is 223 Å². The van der Waals surface area contributed by atoms with Crippen LogP contribution in [0, 0.1) is 13.8 Å². The molecule has 2 unspecified atom stereocenters. The third-order valence-corrected chi connectivity index (χ3v) is 22.1. The number of nitrogens with zero attached hydrogens (tertiary/aromatic N) is 3. The van der Waals surface area contributed by atoms with E-state index < -0.39 is 8.07 Å². The molecule has 0 saturated heterocycles. The van der Waals surface area contributed by atoms with Gasteiger partial charge in [-0.3, -0.25) is 0 Å². The molecule has 10 aromatic rings. The second-order valence-electron chi connectivity index (χ2n) is 20.9. The van der Waals surface area contributed by atoms with Crippen LogP contribution in [0.4, 0.5) is 28.4 Å². The Morgan fingerprint density at radius 1 is 0.493 bits per heavy atom. The fourth-order valence-electron chi connectivity index (χ4n) is 14.0. The molecule has 332 valence electrons. The summed E-state index contributed by atoms with van der Waals surface area (Å²) < 4.78 is 2.65. The molecule has 2 atom stereocenters. The first kappa shape index (κ1) is 40.7. The van der Waals surface area contributed by atoms with Gasteiger partial charge in [0.15, 0.2) is 8.07 Å². The number of aromatic nitrogens is 1. The van der Waals surface area contributed by atoms with E-state index in [1.807, 2.05) is 0 Å². The highest BCUT2D eigenvalue weighted by molar-refractivity contribution is 7.20. The van der Waals surface area contributed by atoms with Crippen molar-refractivity contribution in [3.63, 3.8) is 0 Å². The van der Waals surface area contributed by atoms with E-state index in [4.69, 9.17) is 0 Å². The second kappa shape index (κ2) is 14.8. The summed E-state index contributed by atoms with van der Waals surface area (Å²) in [5.74, 6) is 0. The molecule has 5 heteroatoms. The summed E-state index contributed by atoms with van der Waals surface area (Å²) in [6.45, 7) is 9.66. The zero-order chi connectivity index (χ0) is 46.2. The minimum atomic E-state index is -2.93. The maximum absolute atomic E-state index is 2.93. The Bertz CT molecular complexity index is 3540. The molecule has 4 heterocycles. The molecule has 0 bridgehead atoms. The summed E-state index contributed by atoms with van der Waals surface area (Å²) in [7, 11) is -2.93. The SMILES string of the molecule is Cc1ccc(N(c2ccc(C)cc2)c2cc3c4c(c2)-n2c5ccccc5c5cccc(c52)B4c2cc([Si](c4ccccc4)(c4ccccc4)c4ccccc4)cc4c2N3C2(C)CCCCC42C)cc1. The van der Waals surface area contributed by atoms with E-state index in [0.29, 0.717) is 0 Å². The van der Waals surface area contributed by atoms with E-state index in [2.05, 4.69) is 248 Å². The van der Waals surface area contributed by atoms with Gasteiger partial charge in [0.25, 0.3) is 6.71 Å². The van der Waals surface area contributed by atoms with Gasteiger partial charge in [-0.1, -0.05) is 195 Å². The lowest BCUT2D eigenvalue weighted by Crippen LogP contribution is -2.75. The topological polar surface area (TPSA) is 11.4 Å². The van der Waals surface area contributed by atoms with Crippen LogP contribution in [0.3, 0.4) is 0 Å². The highest BCUT2D eigenvalue weighted by atomic mass is 28.3. The number of rotatable bonds is 7. The van der Waals surface area contributed by atoms with Gasteiger partial charge in [0.05, 0.1) is 16.7 Å². The monoisotopic (exact) mass is 903 g/mol. The molecule has 3 aliphatic heterocycles. The van der Waals surface area contributed by atoms with E-state index in [-0.39, 0.29) is 17.7 Å². The van der Waals surface area contributed by atoms with Crippen LogP contribution in [-0.2, 0) is 5.41 Å². The molecule has 0 radical (unpaired) electrons. The summed E-state index contributed by atoms with van der Waals surface area (Å²) in [5.41, 5.74) is 18.2. The molecule has 1 fully saturated rings. The van der Waals surface area contributed by atoms with Gasteiger partial charge in [0.1, 0.15) is 0 Å². The molecule has 0 spiro atoms. The van der Waals surface area contributed by atoms with Crippen LogP contribution in [0.1, 0.15) is 56.2 Å². The third kappa shape index (κ3) is 5.45. The fourth-order valence-corrected chi connectivity index (χ4v) is 18.8. The number of fused-ring (bicyclic) bond motifs is 10. The van der Waals surface area contributed by atoms with Crippen LogP contribution in [0.15, 0.2) is 206 Å². The normalized spacial score (nSPS) is 18.6. The van der Waals surface area contributed by atoms with Crippen LogP contribution < -0.4 is 46.9 Å². The molecule has 0 N–H and O–H groups in total. The molecule has 4 aliphatic rings. The van der Waals surface area contributed by atoms with Crippen LogP contribution in [-0.4, -0.2) is 24.9 Å². The first-order valence-corrected chi connectivity index (χ1v) is 27.1. The van der Waals surface area contributed by atoms with Crippen molar-refractivity contribution in [1.82, 2.24) is 4.57 Å². The number of hydrogen-bond donors (Lipinski definition) is 0. The van der Waals surface area contributed by atoms with Crippen LogP contribution in [0.25, 0.3) is 27.5 Å². The lowest BCUT2D eigenvalue weighted by Gasteiger charge is -2.52. The van der Waals surface area contributed by atoms with Gasteiger partial charge >= 0.3 is 0 Å². The quantitative estimate of drug-likeness (QED) is 0.117. The highest BCUT2D eigenvalue weighted by Gasteiger charge is 2.62. The van der Waals surface area contributed by atoms with Gasteiger partial charge in [-0.05, 0) is 119 Å². The van der Waals surface area contributed by atoms with Crippen molar-refractivity contribution >= 4 is 102 Å². The molecule has 1 saturated carbocycles. The van der Waals surface area contributed by atoms with Crippen molar-refractivity contribution < 1.29 is 0 Å². The molecule has 0 amide bonds. The summed E-state index contributed by atoms with van der Waals surface area (Å²) in [5, 5.41) is 8.34. The lowest BCUT2D eigenvalue weighted by molar-refractivity contribution is 0.195. The largest absolute Gasteiger partial charge is 0.335 e. The van der Waals surface area contributed by atoms with Gasteiger partial charge in [-0.2, -0.15) is 0 Å². The van der Waals surface area contributed by atoms with E-state index in [1.165, 1.54) is 111 Å². The fraction of sp³-hybridized carbons (Fsp3) is 0.156. The van der Waals surface area contributed by atoms with Crippen LogP contribution >= 0.6 is 0 Å². The Hall–Kier alpha value is -7.34. The summed E-state index contributed by atoms with van der Waals surface area (Å²) in [6, 6.07) is 79.8. The molecule has 3 nitrogen and oxygen atoms in total. The number of para-hydroxylation sites is 2. The number of benzene rings is 9. The van der Waals surface area contributed by atoms with Crippen molar-refractivity contribution in [2.75, 3.05) is 9.80 Å².